The fourth-order valence-electron chi connectivity index (χ4n) is 2.06. The highest BCUT2D eigenvalue weighted by Crippen LogP contribution is 2.19. The van der Waals surface area contributed by atoms with E-state index in [1.807, 2.05) is 0 Å². The lowest BCUT2D eigenvalue weighted by Crippen LogP contribution is -2.39. The van der Waals surface area contributed by atoms with Gasteiger partial charge in [-0.2, -0.15) is 0 Å². The SMILES string of the molecule is O=C(NC1CCCC(O)C1)c1cc(Br)c[nH]1. The molecular formula is C11H15BrN2O2. The number of carbonyl (C=O) groups is 1. The first-order valence-corrected chi connectivity index (χ1v) is 6.27. The second-order valence-corrected chi connectivity index (χ2v) is 5.14. The summed E-state index contributed by atoms with van der Waals surface area (Å²) in [6, 6.07) is 1.84. The molecule has 0 spiro atoms. The van der Waals surface area contributed by atoms with Crippen LogP contribution in [0.5, 0.6) is 0 Å². The predicted octanol–water partition coefficient (Wildman–Crippen LogP) is 1.81. The predicted molar refractivity (Wildman–Crippen MR) is 64.2 cm³/mol. The molecule has 2 atom stereocenters. The quantitative estimate of drug-likeness (QED) is 0.776. The van der Waals surface area contributed by atoms with Crippen LogP contribution in [0, 0.1) is 0 Å². The molecule has 5 heteroatoms. The summed E-state index contributed by atoms with van der Waals surface area (Å²) in [6.07, 6.45) is 4.89. The summed E-state index contributed by atoms with van der Waals surface area (Å²) < 4.78 is 0.862. The molecule has 1 heterocycles. The van der Waals surface area contributed by atoms with Gasteiger partial charge in [-0.15, -0.1) is 0 Å². The molecule has 0 aromatic carbocycles. The summed E-state index contributed by atoms with van der Waals surface area (Å²) in [7, 11) is 0. The third kappa shape index (κ3) is 2.86. The van der Waals surface area contributed by atoms with Crippen LogP contribution in [0.15, 0.2) is 16.7 Å². The number of carbonyl (C=O) groups excluding carboxylic acids is 1. The first-order chi connectivity index (χ1) is 7.65. The van der Waals surface area contributed by atoms with Gasteiger partial charge in [0.05, 0.1) is 6.10 Å². The summed E-state index contributed by atoms with van der Waals surface area (Å²) in [6.45, 7) is 0. The first-order valence-electron chi connectivity index (χ1n) is 5.48. The molecule has 0 bridgehead atoms. The second kappa shape index (κ2) is 5.01. The van der Waals surface area contributed by atoms with Crippen LogP contribution in [0.25, 0.3) is 0 Å². The lowest BCUT2D eigenvalue weighted by Gasteiger charge is -2.26. The fourth-order valence-corrected chi connectivity index (χ4v) is 2.40. The van der Waals surface area contributed by atoms with Crippen LogP contribution >= 0.6 is 15.9 Å². The number of aliphatic hydroxyl groups excluding tert-OH is 1. The molecule has 1 aromatic rings. The highest BCUT2D eigenvalue weighted by atomic mass is 79.9. The molecule has 3 N–H and O–H groups in total. The van der Waals surface area contributed by atoms with Crippen LogP contribution in [0.2, 0.25) is 0 Å². The van der Waals surface area contributed by atoms with Crippen molar-refractivity contribution in [1.82, 2.24) is 10.3 Å². The van der Waals surface area contributed by atoms with Gasteiger partial charge in [-0.25, -0.2) is 0 Å². The van der Waals surface area contributed by atoms with Crippen molar-refractivity contribution in [3.05, 3.63) is 22.4 Å². The van der Waals surface area contributed by atoms with E-state index in [4.69, 9.17) is 0 Å². The van der Waals surface area contributed by atoms with Crippen molar-refractivity contribution in [3.8, 4) is 0 Å². The van der Waals surface area contributed by atoms with E-state index < -0.39 is 0 Å². The number of amides is 1. The van der Waals surface area contributed by atoms with Gasteiger partial charge in [0.2, 0.25) is 0 Å². The van der Waals surface area contributed by atoms with Gasteiger partial charge in [-0.1, -0.05) is 0 Å². The number of H-pyrrole nitrogens is 1. The Morgan fingerprint density at radius 1 is 1.56 bits per heavy atom. The maximum atomic E-state index is 11.8. The fraction of sp³-hybridized carbons (Fsp3) is 0.545. The Balaban J connectivity index is 1.92. The highest BCUT2D eigenvalue weighted by Gasteiger charge is 2.22. The van der Waals surface area contributed by atoms with Crippen LogP contribution in [0.1, 0.15) is 36.2 Å². The zero-order valence-electron chi connectivity index (χ0n) is 8.87. The summed E-state index contributed by atoms with van der Waals surface area (Å²) >= 11 is 3.28. The molecule has 88 valence electrons. The van der Waals surface area contributed by atoms with Gasteiger partial charge in [0.15, 0.2) is 0 Å². The largest absolute Gasteiger partial charge is 0.393 e. The van der Waals surface area contributed by atoms with E-state index in [2.05, 4.69) is 26.2 Å². The van der Waals surface area contributed by atoms with Gasteiger partial charge in [0.25, 0.3) is 5.91 Å². The maximum absolute atomic E-state index is 11.8. The van der Waals surface area contributed by atoms with E-state index in [-0.39, 0.29) is 18.1 Å². The summed E-state index contributed by atoms with van der Waals surface area (Å²) in [5.74, 6) is -0.107. The molecule has 2 unspecified atom stereocenters. The van der Waals surface area contributed by atoms with Crippen molar-refractivity contribution in [1.29, 1.82) is 0 Å². The molecule has 1 fully saturated rings. The van der Waals surface area contributed by atoms with Crippen molar-refractivity contribution in [2.24, 2.45) is 0 Å². The Labute approximate surface area is 103 Å². The minimum atomic E-state index is -0.269. The van der Waals surface area contributed by atoms with E-state index >= 15 is 0 Å². The monoisotopic (exact) mass is 286 g/mol. The molecule has 1 aliphatic carbocycles. The molecular weight excluding hydrogens is 272 g/mol. The smallest absolute Gasteiger partial charge is 0.267 e. The zero-order valence-corrected chi connectivity index (χ0v) is 10.5. The Morgan fingerprint density at radius 3 is 3.00 bits per heavy atom. The Bertz CT molecular complexity index is 378. The number of hydrogen-bond donors (Lipinski definition) is 3. The number of aromatic nitrogens is 1. The molecule has 0 radical (unpaired) electrons. The van der Waals surface area contributed by atoms with Crippen LogP contribution in [0.3, 0.4) is 0 Å². The lowest BCUT2D eigenvalue weighted by molar-refractivity contribution is 0.0846. The third-order valence-corrected chi connectivity index (χ3v) is 3.33. The van der Waals surface area contributed by atoms with Crippen molar-refractivity contribution in [2.45, 2.75) is 37.8 Å². The number of hydrogen-bond acceptors (Lipinski definition) is 2. The zero-order chi connectivity index (χ0) is 11.5. The molecule has 1 aromatic heterocycles. The van der Waals surface area contributed by atoms with Gasteiger partial charge in [-0.3, -0.25) is 4.79 Å². The molecule has 2 rings (SSSR count). The number of rotatable bonds is 2. The third-order valence-electron chi connectivity index (χ3n) is 2.87. The maximum Gasteiger partial charge on any atom is 0.267 e. The second-order valence-electron chi connectivity index (χ2n) is 4.22. The summed E-state index contributed by atoms with van der Waals surface area (Å²) in [5.41, 5.74) is 0.548. The van der Waals surface area contributed by atoms with Crippen molar-refractivity contribution < 1.29 is 9.90 Å². The van der Waals surface area contributed by atoms with Crippen LogP contribution in [-0.4, -0.2) is 28.1 Å². The van der Waals surface area contributed by atoms with Gasteiger partial charge in [0, 0.05) is 16.7 Å². The average Bonchev–Trinajstić information content (AvgIpc) is 2.65. The minimum Gasteiger partial charge on any atom is -0.393 e. The molecule has 16 heavy (non-hydrogen) atoms. The normalized spacial score (nSPS) is 25.4. The molecule has 0 saturated heterocycles. The first kappa shape index (κ1) is 11.7. The number of aliphatic hydroxyl groups is 1. The van der Waals surface area contributed by atoms with Crippen molar-refractivity contribution in [3.63, 3.8) is 0 Å². The number of nitrogens with one attached hydrogen (secondary N) is 2. The van der Waals surface area contributed by atoms with Crippen molar-refractivity contribution >= 4 is 21.8 Å². The summed E-state index contributed by atoms with van der Waals surface area (Å²) in [5, 5.41) is 12.4. The van der Waals surface area contributed by atoms with Gasteiger partial charge >= 0.3 is 0 Å². The standard InChI is InChI=1S/C11H15BrN2O2/c12-7-4-10(13-6-7)11(16)14-8-2-1-3-9(15)5-8/h4,6,8-9,13,15H,1-3,5H2,(H,14,16). The van der Waals surface area contributed by atoms with Crippen LogP contribution < -0.4 is 5.32 Å². The summed E-state index contributed by atoms with van der Waals surface area (Å²) in [4.78, 5) is 14.7. The molecule has 1 saturated carbocycles. The van der Waals surface area contributed by atoms with E-state index in [1.165, 1.54) is 0 Å². The molecule has 4 nitrogen and oxygen atoms in total. The van der Waals surface area contributed by atoms with Crippen LogP contribution in [0.4, 0.5) is 0 Å². The van der Waals surface area contributed by atoms with E-state index in [9.17, 15) is 9.90 Å². The van der Waals surface area contributed by atoms with Gasteiger partial charge in [0.1, 0.15) is 5.69 Å². The van der Waals surface area contributed by atoms with Crippen molar-refractivity contribution in [2.75, 3.05) is 0 Å². The molecule has 1 aliphatic rings. The highest BCUT2D eigenvalue weighted by molar-refractivity contribution is 9.10. The van der Waals surface area contributed by atoms with Gasteiger partial charge < -0.3 is 15.4 Å². The molecule has 0 aliphatic heterocycles. The topological polar surface area (TPSA) is 65.1 Å². The lowest BCUT2D eigenvalue weighted by atomic mass is 9.93. The van der Waals surface area contributed by atoms with Gasteiger partial charge in [-0.05, 0) is 47.7 Å². The Hall–Kier alpha value is -0.810. The average molecular weight is 287 g/mol. The van der Waals surface area contributed by atoms with E-state index in [0.717, 1.165) is 23.7 Å². The minimum absolute atomic E-state index is 0.0957. The number of aromatic amines is 1. The Morgan fingerprint density at radius 2 is 2.38 bits per heavy atom. The molecule has 1 amide bonds. The van der Waals surface area contributed by atoms with E-state index in [1.54, 1.807) is 12.3 Å². The Kier molecular flexibility index (Phi) is 3.66. The van der Waals surface area contributed by atoms with E-state index in [0.29, 0.717) is 12.1 Å². The van der Waals surface area contributed by atoms with Crippen LogP contribution in [-0.2, 0) is 0 Å². The number of halogens is 1.